The van der Waals surface area contributed by atoms with Crippen LogP contribution >= 0.6 is 0 Å². The number of hydrogen-bond acceptors (Lipinski definition) is 3. The van der Waals surface area contributed by atoms with Crippen molar-refractivity contribution in [1.82, 2.24) is 10.2 Å². The van der Waals surface area contributed by atoms with Crippen LogP contribution in [0, 0.1) is 11.8 Å². The van der Waals surface area contributed by atoms with E-state index in [4.69, 9.17) is 0 Å². The Morgan fingerprint density at radius 1 is 1.20 bits per heavy atom. The molecule has 0 aromatic heterocycles. The first kappa shape index (κ1) is 14.8. The molecule has 0 aromatic carbocycles. The smallest absolute Gasteiger partial charge is 0.240 e. The molecule has 2 unspecified atom stereocenters. The number of imide groups is 1. The zero-order valence-corrected chi connectivity index (χ0v) is 12.1. The molecule has 1 heterocycles. The zero-order valence-electron chi connectivity index (χ0n) is 12.1. The van der Waals surface area contributed by atoms with E-state index in [1.54, 1.807) is 0 Å². The Bertz CT molecular complexity index is 414. The second kappa shape index (κ2) is 6.20. The van der Waals surface area contributed by atoms with Gasteiger partial charge in [0, 0.05) is 6.04 Å². The predicted molar refractivity (Wildman–Crippen MR) is 74.6 cm³/mol. The Balaban J connectivity index is 1.98. The Morgan fingerprint density at radius 3 is 2.15 bits per heavy atom. The number of nitrogens with zero attached hydrogens (tertiary/aromatic N) is 1. The molecule has 1 N–H and O–H groups in total. The summed E-state index contributed by atoms with van der Waals surface area (Å²) in [6, 6.07) is 0.110. The molecule has 20 heavy (non-hydrogen) atoms. The number of amides is 3. The van der Waals surface area contributed by atoms with Gasteiger partial charge < -0.3 is 5.32 Å². The normalized spacial score (nSPS) is 25.2. The van der Waals surface area contributed by atoms with Crippen LogP contribution in [0.25, 0.3) is 0 Å². The monoisotopic (exact) mass is 278 g/mol. The van der Waals surface area contributed by atoms with Crippen molar-refractivity contribution in [2.75, 3.05) is 6.54 Å². The maximum atomic E-state index is 12.2. The summed E-state index contributed by atoms with van der Waals surface area (Å²) in [7, 11) is 0. The van der Waals surface area contributed by atoms with Gasteiger partial charge >= 0.3 is 0 Å². The third-order valence-corrected chi connectivity index (χ3v) is 4.25. The topological polar surface area (TPSA) is 66.5 Å². The summed E-state index contributed by atoms with van der Waals surface area (Å²) in [5, 5.41) is 2.87. The molecule has 0 aromatic rings. The predicted octanol–water partition coefficient (Wildman–Crippen LogP) is 1.24. The summed E-state index contributed by atoms with van der Waals surface area (Å²) in [6.07, 6.45) is 6.80. The van der Waals surface area contributed by atoms with E-state index >= 15 is 0 Å². The number of hydrogen-bond donors (Lipinski definition) is 1. The first-order valence-electron chi connectivity index (χ1n) is 7.38. The molecular weight excluding hydrogens is 256 g/mol. The van der Waals surface area contributed by atoms with Crippen LogP contribution < -0.4 is 5.32 Å². The van der Waals surface area contributed by atoms with E-state index in [1.165, 1.54) is 0 Å². The number of fused-ring (bicyclic) bond motifs is 1. The minimum Gasteiger partial charge on any atom is -0.352 e. The lowest BCUT2D eigenvalue weighted by Crippen LogP contribution is -2.44. The second-order valence-electron chi connectivity index (χ2n) is 5.50. The molecule has 0 bridgehead atoms. The number of allylic oxidation sites excluding steroid dienone is 2. The zero-order chi connectivity index (χ0) is 14.7. The van der Waals surface area contributed by atoms with Crippen LogP contribution in [-0.2, 0) is 14.4 Å². The molecule has 5 nitrogen and oxygen atoms in total. The van der Waals surface area contributed by atoms with Crippen LogP contribution in [0.5, 0.6) is 0 Å². The van der Waals surface area contributed by atoms with E-state index in [-0.39, 0.29) is 42.1 Å². The minimum absolute atomic E-state index is 0.110. The molecular formula is C15H22N2O3. The lowest BCUT2D eigenvalue weighted by Gasteiger charge is -2.18. The third kappa shape index (κ3) is 2.76. The molecule has 2 aliphatic rings. The van der Waals surface area contributed by atoms with E-state index in [0.29, 0.717) is 12.8 Å². The van der Waals surface area contributed by atoms with Gasteiger partial charge in [-0.15, -0.1) is 0 Å². The summed E-state index contributed by atoms with van der Waals surface area (Å²) in [6.45, 7) is 3.86. The first-order valence-corrected chi connectivity index (χ1v) is 7.38. The van der Waals surface area contributed by atoms with E-state index in [0.717, 1.165) is 17.7 Å². The highest BCUT2D eigenvalue weighted by atomic mass is 16.2. The van der Waals surface area contributed by atoms with E-state index in [2.05, 4.69) is 5.32 Å². The van der Waals surface area contributed by atoms with Crippen molar-refractivity contribution < 1.29 is 14.4 Å². The summed E-state index contributed by atoms with van der Waals surface area (Å²) in [5.41, 5.74) is 0. The van der Waals surface area contributed by atoms with Crippen LogP contribution in [0.4, 0.5) is 0 Å². The highest BCUT2D eigenvalue weighted by molar-refractivity contribution is 6.07. The van der Waals surface area contributed by atoms with Gasteiger partial charge in [-0.3, -0.25) is 19.3 Å². The molecule has 2 rings (SSSR count). The van der Waals surface area contributed by atoms with Crippen molar-refractivity contribution >= 4 is 17.7 Å². The van der Waals surface area contributed by atoms with Gasteiger partial charge in [-0.2, -0.15) is 0 Å². The fourth-order valence-corrected chi connectivity index (χ4v) is 2.93. The summed E-state index contributed by atoms with van der Waals surface area (Å²) in [4.78, 5) is 37.5. The Kier molecular flexibility index (Phi) is 4.57. The molecule has 2 atom stereocenters. The fraction of sp³-hybridized carbons (Fsp3) is 0.667. The van der Waals surface area contributed by atoms with Gasteiger partial charge in [0.2, 0.25) is 17.7 Å². The van der Waals surface area contributed by atoms with Gasteiger partial charge in [0.1, 0.15) is 6.54 Å². The molecule has 1 saturated heterocycles. The summed E-state index contributed by atoms with van der Waals surface area (Å²) < 4.78 is 0. The van der Waals surface area contributed by atoms with Crippen LogP contribution in [0.15, 0.2) is 12.2 Å². The number of carbonyl (C=O) groups excluding carboxylic acids is 3. The van der Waals surface area contributed by atoms with E-state index in [1.807, 2.05) is 26.0 Å². The minimum atomic E-state index is -0.256. The quantitative estimate of drug-likeness (QED) is 0.608. The molecule has 1 aliphatic heterocycles. The van der Waals surface area contributed by atoms with Gasteiger partial charge in [0.15, 0.2) is 0 Å². The third-order valence-electron chi connectivity index (χ3n) is 4.25. The maximum absolute atomic E-state index is 12.2. The summed E-state index contributed by atoms with van der Waals surface area (Å²) in [5.74, 6) is -1.14. The van der Waals surface area contributed by atoms with E-state index < -0.39 is 0 Å². The Labute approximate surface area is 119 Å². The second-order valence-corrected chi connectivity index (χ2v) is 5.50. The van der Waals surface area contributed by atoms with Crippen LogP contribution in [0.2, 0.25) is 0 Å². The van der Waals surface area contributed by atoms with Gasteiger partial charge in [0.25, 0.3) is 0 Å². The number of nitrogens with one attached hydrogen (secondary N) is 1. The van der Waals surface area contributed by atoms with Crippen molar-refractivity contribution in [3.05, 3.63) is 12.2 Å². The van der Waals surface area contributed by atoms with Crippen molar-refractivity contribution in [1.29, 1.82) is 0 Å². The molecule has 5 heteroatoms. The highest BCUT2D eigenvalue weighted by Crippen LogP contribution is 2.34. The number of rotatable bonds is 5. The van der Waals surface area contributed by atoms with Gasteiger partial charge in [-0.1, -0.05) is 26.0 Å². The number of likely N-dealkylation sites (tertiary alicyclic amines) is 1. The molecule has 3 amide bonds. The van der Waals surface area contributed by atoms with Crippen LogP contribution in [-0.4, -0.2) is 35.2 Å². The van der Waals surface area contributed by atoms with Crippen molar-refractivity contribution in [3.8, 4) is 0 Å². The Morgan fingerprint density at radius 2 is 1.70 bits per heavy atom. The average molecular weight is 278 g/mol. The van der Waals surface area contributed by atoms with Crippen LogP contribution in [0.3, 0.4) is 0 Å². The average Bonchev–Trinajstić information content (AvgIpc) is 2.70. The van der Waals surface area contributed by atoms with Gasteiger partial charge in [-0.05, 0) is 25.7 Å². The molecule has 0 saturated carbocycles. The van der Waals surface area contributed by atoms with Crippen LogP contribution in [0.1, 0.15) is 39.5 Å². The van der Waals surface area contributed by atoms with Crippen molar-refractivity contribution in [2.45, 2.75) is 45.6 Å². The molecule has 0 spiro atoms. The van der Waals surface area contributed by atoms with Crippen molar-refractivity contribution in [3.63, 3.8) is 0 Å². The van der Waals surface area contributed by atoms with Crippen molar-refractivity contribution in [2.24, 2.45) is 11.8 Å². The maximum Gasteiger partial charge on any atom is 0.240 e. The Hall–Kier alpha value is -1.65. The fourth-order valence-electron chi connectivity index (χ4n) is 2.93. The highest BCUT2D eigenvalue weighted by Gasteiger charge is 2.47. The van der Waals surface area contributed by atoms with Gasteiger partial charge in [-0.25, -0.2) is 0 Å². The molecule has 1 fully saturated rings. The molecule has 1 aliphatic carbocycles. The molecule has 0 radical (unpaired) electrons. The van der Waals surface area contributed by atoms with E-state index in [9.17, 15) is 14.4 Å². The number of carbonyl (C=O) groups is 3. The first-order chi connectivity index (χ1) is 9.58. The largest absolute Gasteiger partial charge is 0.352 e. The standard InChI is InChI=1S/C15H22N2O3/c1-3-10(4-2)16-13(18)9-17-14(19)11-7-5-6-8-12(11)15(17)20/h5-6,10-12H,3-4,7-9H2,1-2H3,(H,16,18). The lowest BCUT2D eigenvalue weighted by molar-refractivity contribution is -0.143. The lowest BCUT2D eigenvalue weighted by atomic mass is 9.85. The van der Waals surface area contributed by atoms with Gasteiger partial charge in [0.05, 0.1) is 11.8 Å². The summed E-state index contributed by atoms with van der Waals surface area (Å²) >= 11 is 0. The molecule has 110 valence electrons. The SMILES string of the molecule is CCC(CC)NC(=O)CN1C(=O)C2CC=CCC2C1=O.